The predicted molar refractivity (Wildman–Crippen MR) is 82.7 cm³/mol. The first-order valence-electron chi connectivity index (χ1n) is 6.83. The minimum Gasteiger partial charge on any atom is -0.232 e. The molecule has 0 bridgehead atoms. The lowest BCUT2D eigenvalue weighted by atomic mass is 9.77. The number of hydrogen-bond acceptors (Lipinski definition) is 4. The molecular weight excluding hydrogens is 316 g/mol. The molecule has 1 aliphatic rings. The highest BCUT2D eigenvalue weighted by molar-refractivity contribution is 7.91. The molecule has 0 aliphatic carbocycles. The Bertz CT molecular complexity index is 563. The van der Waals surface area contributed by atoms with Gasteiger partial charge in [-0.25, -0.2) is 13.4 Å². The molecule has 1 fully saturated rings. The number of aromatic nitrogens is 1. The van der Waals surface area contributed by atoms with Gasteiger partial charge < -0.3 is 0 Å². The van der Waals surface area contributed by atoms with Crippen molar-refractivity contribution in [2.24, 2.45) is 11.3 Å². The van der Waals surface area contributed by atoms with Gasteiger partial charge in [0.2, 0.25) is 0 Å². The van der Waals surface area contributed by atoms with Crippen LogP contribution in [0.25, 0.3) is 0 Å². The first-order chi connectivity index (χ1) is 9.21. The lowest BCUT2D eigenvalue weighted by molar-refractivity contribution is 0.217. The van der Waals surface area contributed by atoms with E-state index in [1.54, 1.807) is 4.31 Å². The Balaban J connectivity index is 2.14. The van der Waals surface area contributed by atoms with Crippen LogP contribution in [0.4, 0.5) is 0 Å². The minimum atomic E-state index is -3.43. The van der Waals surface area contributed by atoms with Crippen LogP contribution in [0.2, 0.25) is 4.47 Å². The molecule has 0 radical (unpaired) electrons. The molecule has 1 aromatic heterocycles. The molecule has 2 heterocycles. The van der Waals surface area contributed by atoms with Crippen molar-refractivity contribution in [2.75, 3.05) is 13.1 Å². The summed E-state index contributed by atoms with van der Waals surface area (Å²) in [5.74, 6) is 0.563. The number of rotatable bonds is 2. The van der Waals surface area contributed by atoms with Gasteiger partial charge in [0.1, 0.15) is 0 Å². The Labute approximate surface area is 130 Å². The van der Waals surface area contributed by atoms with Gasteiger partial charge in [0.05, 0.1) is 6.20 Å². The summed E-state index contributed by atoms with van der Waals surface area (Å²) in [5.41, 5.74) is 0.230. The molecule has 0 N–H and O–H groups in total. The highest BCUT2D eigenvalue weighted by atomic mass is 35.5. The molecule has 0 amide bonds. The van der Waals surface area contributed by atoms with E-state index >= 15 is 0 Å². The molecule has 1 aliphatic heterocycles. The molecule has 0 spiro atoms. The van der Waals surface area contributed by atoms with Crippen molar-refractivity contribution in [1.29, 1.82) is 0 Å². The van der Waals surface area contributed by atoms with E-state index in [0.29, 0.717) is 19.0 Å². The van der Waals surface area contributed by atoms with Gasteiger partial charge in [-0.2, -0.15) is 4.31 Å². The first-order valence-corrected chi connectivity index (χ1v) is 9.46. The van der Waals surface area contributed by atoms with Crippen LogP contribution < -0.4 is 0 Å². The van der Waals surface area contributed by atoms with Crippen LogP contribution in [0.15, 0.2) is 10.4 Å². The normalized spacial score (nSPS) is 22.7. The largest absolute Gasteiger partial charge is 0.254 e. The Morgan fingerprint density at radius 1 is 1.35 bits per heavy atom. The fourth-order valence-electron chi connectivity index (χ4n) is 2.66. The average molecular weight is 337 g/mol. The highest BCUT2D eigenvalue weighted by Gasteiger charge is 2.32. The third-order valence-corrected chi connectivity index (χ3v) is 7.41. The van der Waals surface area contributed by atoms with Crippen molar-refractivity contribution >= 4 is 33.0 Å². The standard InChI is InChI=1S/C13H21ClN2O2S2/c1-13(2,3)10-5-4-7-16(8-6-10)20(17,18)11-9-15-12(14)19-11/h9-10H,4-8H2,1-3H3. The second-order valence-corrected chi connectivity index (χ2v) is 10.1. The molecular formula is C13H21ClN2O2S2. The molecule has 1 aromatic rings. The Morgan fingerprint density at radius 2 is 2.05 bits per heavy atom. The van der Waals surface area contributed by atoms with E-state index in [1.807, 2.05) is 0 Å². The van der Waals surface area contributed by atoms with Gasteiger partial charge in [-0.05, 0) is 30.6 Å². The molecule has 4 nitrogen and oxygen atoms in total. The number of nitrogens with zero attached hydrogens (tertiary/aromatic N) is 2. The van der Waals surface area contributed by atoms with Crippen molar-refractivity contribution < 1.29 is 8.42 Å². The van der Waals surface area contributed by atoms with Crippen LogP contribution in [0.3, 0.4) is 0 Å². The van der Waals surface area contributed by atoms with Crippen molar-refractivity contribution in [3.8, 4) is 0 Å². The summed E-state index contributed by atoms with van der Waals surface area (Å²) in [6, 6.07) is 0. The third kappa shape index (κ3) is 3.53. The summed E-state index contributed by atoms with van der Waals surface area (Å²) in [4.78, 5) is 3.83. The summed E-state index contributed by atoms with van der Waals surface area (Å²) in [5, 5.41) is 0. The van der Waals surface area contributed by atoms with Gasteiger partial charge in [-0.1, -0.05) is 43.7 Å². The topological polar surface area (TPSA) is 50.3 Å². The van der Waals surface area contributed by atoms with Crippen LogP contribution in [-0.2, 0) is 10.0 Å². The second-order valence-electron chi connectivity index (χ2n) is 6.33. The molecule has 0 saturated carbocycles. The highest BCUT2D eigenvalue weighted by Crippen LogP contribution is 2.36. The van der Waals surface area contributed by atoms with E-state index in [1.165, 1.54) is 6.20 Å². The zero-order valence-corrected chi connectivity index (χ0v) is 14.5. The van der Waals surface area contributed by atoms with Gasteiger partial charge >= 0.3 is 0 Å². The lowest BCUT2D eigenvalue weighted by Gasteiger charge is -2.29. The fourth-order valence-corrected chi connectivity index (χ4v) is 5.60. The fraction of sp³-hybridized carbons (Fsp3) is 0.769. The molecule has 7 heteroatoms. The monoisotopic (exact) mass is 336 g/mol. The van der Waals surface area contributed by atoms with Gasteiger partial charge in [0, 0.05) is 13.1 Å². The zero-order chi connectivity index (χ0) is 15.0. The third-order valence-electron chi connectivity index (χ3n) is 3.96. The lowest BCUT2D eigenvalue weighted by Crippen LogP contribution is -2.32. The zero-order valence-electron chi connectivity index (χ0n) is 12.1. The number of sulfonamides is 1. The summed E-state index contributed by atoms with van der Waals surface area (Å²) in [6.45, 7) is 7.85. The summed E-state index contributed by atoms with van der Waals surface area (Å²) in [7, 11) is -3.43. The van der Waals surface area contributed by atoms with Crippen molar-refractivity contribution in [1.82, 2.24) is 9.29 Å². The molecule has 1 atom stereocenters. The van der Waals surface area contributed by atoms with E-state index in [2.05, 4.69) is 25.8 Å². The van der Waals surface area contributed by atoms with E-state index in [4.69, 9.17) is 11.6 Å². The van der Waals surface area contributed by atoms with Crippen LogP contribution >= 0.6 is 22.9 Å². The van der Waals surface area contributed by atoms with Crippen molar-refractivity contribution in [3.63, 3.8) is 0 Å². The van der Waals surface area contributed by atoms with E-state index < -0.39 is 10.0 Å². The Hall–Kier alpha value is -0.170. The van der Waals surface area contributed by atoms with Gasteiger partial charge in [0.15, 0.2) is 8.68 Å². The predicted octanol–water partition coefficient (Wildman–Crippen LogP) is 3.63. The summed E-state index contributed by atoms with van der Waals surface area (Å²) < 4.78 is 27.2. The van der Waals surface area contributed by atoms with Crippen molar-refractivity contribution in [2.45, 2.75) is 44.2 Å². The number of hydrogen-bond donors (Lipinski definition) is 0. The maximum Gasteiger partial charge on any atom is 0.254 e. The quantitative estimate of drug-likeness (QED) is 0.828. The molecule has 0 aromatic carbocycles. The van der Waals surface area contributed by atoms with E-state index in [9.17, 15) is 8.42 Å². The Kier molecular flexibility index (Phi) is 4.79. The molecule has 2 rings (SSSR count). The SMILES string of the molecule is CC(C)(C)C1CCCN(S(=O)(=O)c2cnc(Cl)s2)CC1. The van der Waals surface area contributed by atoms with E-state index in [0.717, 1.165) is 30.6 Å². The molecule has 1 saturated heterocycles. The maximum absolute atomic E-state index is 12.5. The van der Waals surface area contributed by atoms with E-state index in [-0.39, 0.29) is 14.1 Å². The molecule has 114 valence electrons. The number of thiazole rings is 1. The maximum atomic E-state index is 12.5. The summed E-state index contributed by atoms with van der Waals surface area (Å²) >= 11 is 6.77. The van der Waals surface area contributed by atoms with Crippen molar-refractivity contribution in [3.05, 3.63) is 10.7 Å². The van der Waals surface area contributed by atoms with Crippen LogP contribution in [0.1, 0.15) is 40.0 Å². The Morgan fingerprint density at radius 3 is 2.60 bits per heavy atom. The number of halogens is 1. The minimum absolute atomic E-state index is 0.230. The van der Waals surface area contributed by atoms with Gasteiger partial charge in [-0.15, -0.1) is 0 Å². The average Bonchev–Trinajstić information content (AvgIpc) is 2.63. The van der Waals surface area contributed by atoms with Crippen LogP contribution in [0.5, 0.6) is 0 Å². The van der Waals surface area contributed by atoms with Crippen LogP contribution in [-0.4, -0.2) is 30.8 Å². The second kappa shape index (κ2) is 5.91. The van der Waals surface area contributed by atoms with Crippen LogP contribution in [0, 0.1) is 11.3 Å². The smallest absolute Gasteiger partial charge is 0.232 e. The van der Waals surface area contributed by atoms with Gasteiger partial charge in [0.25, 0.3) is 10.0 Å². The summed E-state index contributed by atoms with van der Waals surface area (Å²) in [6.07, 6.45) is 4.26. The molecule has 20 heavy (non-hydrogen) atoms. The first kappa shape index (κ1) is 16.2. The van der Waals surface area contributed by atoms with Gasteiger partial charge in [-0.3, -0.25) is 0 Å². The molecule has 1 unspecified atom stereocenters.